The van der Waals surface area contributed by atoms with Gasteiger partial charge in [-0.05, 0) is 38.0 Å². The number of nitrogens with one attached hydrogen (secondary N) is 1. The van der Waals surface area contributed by atoms with E-state index in [4.69, 9.17) is 0 Å². The summed E-state index contributed by atoms with van der Waals surface area (Å²) >= 11 is 0. The molecule has 2 atom stereocenters. The minimum Gasteiger partial charge on any atom is -0.304 e. The van der Waals surface area contributed by atoms with Crippen LogP contribution in [0.25, 0.3) is 0 Å². The van der Waals surface area contributed by atoms with Gasteiger partial charge in [0.25, 0.3) is 0 Å². The Bertz CT molecular complexity index is 476. The Morgan fingerprint density at radius 2 is 1.61 bits per heavy atom. The number of nitrogens with zero attached hydrogens (tertiary/aromatic N) is 1. The summed E-state index contributed by atoms with van der Waals surface area (Å²) in [5.41, 5.74) is 3.83. The quantitative estimate of drug-likeness (QED) is 0.879. The van der Waals surface area contributed by atoms with Gasteiger partial charge in [-0.1, -0.05) is 35.9 Å². The lowest BCUT2D eigenvalue weighted by Crippen LogP contribution is -2.22. The summed E-state index contributed by atoms with van der Waals surface area (Å²) in [5, 5.41) is 3.59. The number of rotatable bonds is 4. The second-order valence-electron chi connectivity index (χ2n) is 4.81. The molecule has 1 aromatic heterocycles. The van der Waals surface area contributed by atoms with Crippen LogP contribution in [0.4, 0.5) is 0 Å². The van der Waals surface area contributed by atoms with E-state index in [2.05, 4.69) is 61.4 Å². The first-order valence-electron chi connectivity index (χ1n) is 6.39. The molecule has 1 N–H and O–H groups in total. The van der Waals surface area contributed by atoms with Gasteiger partial charge in [0.2, 0.25) is 0 Å². The first kappa shape index (κ1) is 12.8. The molecule has 1 unspecified atom stereocenters. The Balaban J connectivity index is 2.03. The van der Waals surface area contributed by atoms with Gasteiger partial charge in [0.05, 0.1) is 0 Å². The van der Waals surface area contributed by atoms with Gasteiger partial charge in [-0.3, -0.25) is 4.98 Å². The number of aromatic nitrogens is 1. The van der Waals surface area contributed by atoms with Crippen molar-refractivity contribution in [2.75, 3.05) is 0 Å². The van der Waals surface area contributed by atoms with Gasteiger partial charge in [0, 0.05) is 24.5 Å². The zero-order chi connectivity index (χ0) is 13.0. The van der Waals surface area contributed by atoms with E-state index in [0.717, 1.165) is 0 Å². The van der Waals surface area contributed by atoms with Crippen LogP contribution in [0.2, 0.25) is 0 Å². The van der Waals surface area contributed by atoms with Gasteiger partial charge in [-0.25, -0.2) is 0 Å². The Morgan fingerprint density at radius 3 is 2.22 bits per heavy atom. The third-order valence-corrected chi connectivity index (χ3v) is 3.26. The molecule has 2 nitrogen and oxygen atoms in total. The molecule has 0 saturated carbocycles. The van der Waals surface area contributed by atoms with E-state index in [1.54, 1.807) is 6.20 Å². The van der Waals surface area contributed by atoms with Crippen LogP contribution in [0.5, 0.6) is 0 Å². The van der Waals surface area contributed by atoms with Crippen LogP contribution in [-0.4, -0.2) is 4.98 Å². The first-order chi connectivity index (χ1) is 8.66. The van der Waals surface area contributed by atoms with E-state index in [1.165, 1.54) is 16.7 Å². The highest BCUT2D eigenvalue weighted by molar-refractivity contribution is 5.24. The van der Waals surface area contributed by atoms with Gasteiger partial charge in [0.1, 0.15) is 0 Å². The lowest BCUT2D eigenvalue weighted by molar-refractivity contribution is 0.493. The lowest BCUT2D eigenvalue weighted by atomic mass is 10.0. The topological polar surface area (TPSA) is 24.9 Å². The fourth-order valence-electron chi connectivity index (χ4n) is 2.05. The molecular formula is C16H20N2. The molecule has 0 aliphatic heterocycles. The van der Waals surface area contributed by atoms with Crippen LogP contribution in [0.3, 0.4) is 0 Å². The van der Waals surface area contributed by atoms with Crippen LogP contribution in [0, 0.1) is 6.92 Å². The summed E-state index contributed by atoms with van der Waals surface area (Å²) in [4.78, 5) is 4.16. The average molecular weight is 240 g/mol. The SMILES string of the molecule is Cc1ccc(C(C)N[C@@H](C)c2cccnc2)cc1. The van der Waals surface area contributed by atoms with Gasteiger partial charge in [-0.15, -0.1) is 0 Å². The maximum Gasteiger partial charge on any atom is 0.0315 e. The van der Waals surface area contributed by atoms with E-state index >= 15 is 0 Å². The highest BCUT2D eigenvalue weighted by Crippen LogP contribution is 2.18. The van der Waals surface area contributed by atoms with Gasteiger partial charge in [0.15, 0.2) is 0 Å². The largest absolute Gasteiger partial charge is 0.304 e. The highest BCUT2D eigenvalue weighted by Gasteiger charge is 2.10. The number of pyridine rings is 1. The van der Waals surface area contributed by atoms with Crippen molar-refractivity contribution in [3.63, 3.8) is 0 Å². The minimum absolute atomic E-state index is 0.301. The zero-order valence-corrected chi connectivity index (χ0v) is 11.2. The van der Waals surface area contributed by atoms with Crippen molar-refractivity contribution in [3.05, 3.63) is 65.5 Å². The summed E-state index contributed by atoms with van der Waals surface area (Å²) in [6.45, 7) is 6.47. The van der Waals surface area contributed by atoms with E-state index in [9.17, 15) is 0 Å². The van der Waals surface area contributed by atoms with E-state index in [0.29, 0.717) is 12.1 Å². The summed E-state index contributed by atoms with van der Waals surface area (Å²) in [7, 11) is 0. The molecular weight excluding hydrogens is 220 g/mol. The monoisotopic (exact) mass is 240 g/mol. The van der Waals surface area contributed by atoms with Crippen molar-refractivity contribution in [3.8, 4) is 0 Å². The Labute approximate surface area is 109 Å². The number of hydrogen-bond acceptors (Lipinski definition) is 2. The molecule has 1 aromatic carbocycles. The normalized spacial score (nSPS) is 14.2. The molecule has 1 heterocycles. The molecule has 2 aromatic rings. The zero-order valence-electron chi connectivity index (χ0n) is 11.2. The molecule has 0 aliphatic rings. The predicted molar refractivity (Wildman–Crippen MR) is 75.4 cm³/mol. The Hall–Kier alpha value is -1.67. The minimum atomic E-state index is 0.301. The Morgan fingerprint density at radius 1 is 0.944 bits per heavy atom. The first-order valence-corrected chi connectivity index (χ1v) is 6.39. The molecule has 2 heteroatoms. The summed E-state index contributed by atoms with van der Waals surface area (Å²) in [5.74, 6) is 0. The highest BCUT2D eigenvalue weighted by atomic mass is 14.9. The van der Waals surface area contributed by atoms with E-state index < -0.39 is 0 Å². The van der Waals surface area contributed by atoms with Crippen molar-refractivity contribution >= 4 is 0 Å². The van der Waals surface area contributed by atoms with Crippen LogP contribution in [-0.2, 0) is 0 Å². The van der Waals surface area contributed by atoms with Crippen molar-refractivity contribution in [2.24, 2.45) is 0 Å². The van der Waals surface area contributed by atoms with Crippen LogP contribution >= 0.6 is 0 Å². The average Bonchev–Trinajstić information content (AvgIpc) is 2.40. The molecule has 2 rings (SSSR count). The fourth-order valence-corrected chi connectivity index (χ4v) is 2.05. The standard InChI is InChI=1S/C16H20N2/c1-12-6-8-15(9-7-12)13(2)18-14(3)16-5-4-10-17-11-16/h4-11,13-14,18H,1-3H3/t13?,14-/m0/s1. The van der Waals surface area contributed by atoms with Crippen molar-refractivity contribution < 1.29 is 0 Å². The summed E-state index contributed by atoms with van der Waals surface area (Å²) in [6.07, 6.45) is 3.72. The third kappa shape index (κ3) is 3.17. The predicted octanol–water partition coefficient (Wildman–Crippen LogP) is 3.80. The van der Waals surface area contributed by atoms with Gasteiger partial charge >= 0.3 is 0 Å². The van der Waals surface area contributed by atoms with Crippen LogP contribution in [0.15, 0.2) is 48.8 Å². The maximum atomic E-state index is 4.16. The van der Waals surface area contributed by atoms with E-state index in [-0.39, 0.29) is 0 Å². The van der Waals surface area contributed by atoms with Gasteiger partial charge in [-0.2, -0.15) is 0 Å². The molecule has 0 radical (unpaired) electrons. The second-order valence-corrected chi connectivity index (χ2v) is 4.81. The van der Waals surface area contributed by atoms with Crippen molar-refractivity contribution in [1.82, 2.24) is 10.3 Å². The van der Waals surface area contributed by atoms with E-state index in [1.807, 2.05) is 12.3 Å². The lowest BCUT2D eigenvalue weighted by Gasteiger charge is -2.20. The number of aryl methyl sites for hydroxylation is 1. The molecule has 0 spiro atoms. The number of hydrogen-bond donors (Lipinski definition) is 1. The molecule has 18 heavy (non-hydrogen) atoms. The smallest absolute Gasteiger partial charge is 0.0315 e. The number of benzene rings is 1. The molecule has 0 bridgehead atoms. The van der Waals surface area contributed by atoms with Crippen molar-refractivity contribution in [1.29, 1.82) is 0 Å². The third-order valence-electron chi connectivity index (χ3n) is 3.26. The maximum absolute atomic E-state index is 4.16. The summed E-state index contributed by atoms with van der Waals surface area (Å²) < 4.78 is 0. The van der Waals surface area contributed by atoms with Crippen LogP contribution in [0.1, 0.15) is 42.6 Å². The molecule has 0 saturated heterocycles. The second kappa shape index (κ2) is 5.78. The van der Waals surface area contributed by atoms with Crippen LogP contribution < -0.4 is 5.32 Å². The fraction of sp³-hybridized carbons (Fsp3) is 0.312. The summed E-state index contributed by atoms with van der Waals surface area (Å²) in [6, 6.07) is 13.4. The van der Waals surface area contributed by atoms with Crippen molar-refractivity contribution in [2.45, 2.75) is 32.9 Å². The molecule has 0 aliphatic carbocycles. The molecule has 0 fully saturated rings. The molecule has 94 valence electrons. The molecule has 0 amide bonds. The van der Waals surface area contributed by atoms with Gasteiger partial charge < -0.3 is 5.32 Å². The Kier molecular flexibility index (Phi) is 4.11.